The first kappa shape index (κ1) is 11.2. The topological polar surface area (TPSA) is 63.8 Å². The molecule has 0 saturated heterocycles. The van der Waals surface area contributed by atoms with Crippen molar-refractivity contribution < 1.29 is 13.2 Å². The highest BCUT2D eigenvalue weighted by Gasteiger charge is 2.09. The van der Waals surface area contributed by atoms with Crippen LogP contribution >= 0.6 is 0 Å². The summed E-state index contributed by atoms with van der Waals surface area (Å²) in [6, 6.07) is 2.75. The molecule has 0 aliphatic rings. The monoisotopic (exact) mass is 240 g/mol. The Morgan fingerprint density at radius 1 is 1.12 bits per heavy atom. The second kappa shape index (κ2) is 4.28. The maximum absolute atomic E-state index is 13.3. The lowest BCUT2D eigenvalue weighted by Gasteiger charge is -2.07. The highest BCUT2D eigenvalue weighted by atomic mass is 19.1. The van der Waals surface area contributed by atoms with Crippen molar-refractivity contribution in [2.45, 2.75) is 0 Å². The van der Waals surface area contributed by atoms with E-state index in [1.165, 1.54) is 0 Å². The third kappa shape index (κ3) is 2.44. The summed E-state index contributed by atoms with van der Waals surface area (Å²) in [5.41, 5.74) is 5.02. The number of nitrogens with zero attached hydrogens (tertiary/aromatic N) is 2. The molecule has 4 nitrogen and oxygen atoms in total. The molecule has 7 heteroatoms. The maximum Gasteiger partial charge on any atom is 0.222 e. The van der Waals surface area contributed by atoms with Crippen LogP contribution in [-0.4, -0.2) is 9.97 Å². The van der Waals surface area contributed by atoms with Crippen molar-refractivity contribution in [1.82, 2.24) is 9.97 Å². The largest absolute Gasteiger partial charge is 0.368 e. The fourth-order valence-corrected chi connectivity index (χ4v) is 1.19. The fourth-order valence-electron chi connectivity index (χ4n) is 1.19. The lowest BCUT2D eigenvalue weighted by molar-refractivity contribution is 0.601. The molecule has 1 heterocycles. The van der Waals surface area contributed by atoms with Gasteiger partial charge in [0.15, 0.2) is 11.6 Å². The van der Waals surface area contributed by atoms with E-state index in [4.69, 9.17) is 5.73 Å². The van der Waals surface area contributed by atoms with Gasteiger partial charge < -0.3 is 11.1 Å². The van der Waals surface area contributed by atoms with Crippen molar-refractivity contribution in [3.8, 4) is 0 Å². The molecule has 0 saturated carbocycles. The minimum absolute atomic E-state index is 0.175. The first-order chi connectivity index (χ1) is 8.06. The van der Waals surface area contributed by atoms with E-state index < -0.39 is 17.5 Å². The number of aromatic nitrogens is 2. The zero-order valence-electron chi connectivity index (χ0n) is 8.42. The third-order valence-electron chi connectivity index (χ3n) is 1.94. The number of nitrogen functional groups attached to an aromatic ring is 1. The first-order valence-electron chi connectivity index (χ1n) is 4.56. The Morgan fingerprint density at radius 2 is 1.88 bits per heavy atom. The van der Waals surface area contributed by atoms with Gasteiger partial charge in [-0.3, -0.25) is 0 Å². The van der Waals surface area contributed by atoms with Crippen LogP contribution < -0.4 is 11.1 Å². The van der Waals surface area contributed by atoms with Crippen LogP contribution in [0.5, 0.6) is 0 Å². The minimum atomic E-state index is -0.817. The van der Waals surface area contributed by atoms with Gasteiger partial charge in [0.25, 0.3) is 0 Å². The molecule has 0 fully saturated rings. The van der Waals surface area contributed by atoms with E-state index in [1.54, 1.807) is 0 Å². The summed E-state index contributed by atoms with van der Waals surface area (Å²) in [6.07, 6.45) is 0.835. The quantitative estimate of drug-likeness (QED) is 0.844. The van der Waals surface area contributed by atoms with Crippen molar-refractivity contribution >= 4 is 17.5 Å². The molecular weight excluding hydrogens is 233 g/mol. The van der Waals surface area contributed by atoms with Crippen molar-refractivity contribution in [3.05, 3.63) is 41.8 Å². The molecule has 0 spiro atoms. The number of rotatable bonds is 2. The molecular formula is C10H7F3N4. The summed E-state index contributed by atoms with van der Waals surface area (Å²) >= 11 is 0. The van der Waals surface area contributed by atoms with Crippen LogP contribution in [0.25, 0.3) is 0 Å². The van der Waals surface area contributed by atoms with Crippen LogP contribution in [0.4, 0.5) is 30.6 Å². The number of benzene rings is 1. The van der Waals surface area contributed by atoms with Crippen LogP contribution in [0, 0.1) is 17.5 Å². The van der Waals surface area contributed by atoms with Gasteiger partial charge in [0.2, 0.25) is 5.95 Å². The van der Waals surface area contributed by atoms with E-state index in [2.05, 4.69) is 15.3 Å². The highest BCUT2D eigenvalue weighted by Crippen LogP contribution is 2.21. The third-order valence-corrected chi connectivity index (χ3v) is 1.94. The summed E-state index contributed by atoms with van der Waals surface area (Å²) in [6.45, 7) is 0. The summed E-state index contributed by atoms with van der Waals surface area (Å²) in [5, 5.41) is 2.30. The summed E-state index contributed by atoms with van der Waals surface area (Å²) in [5.74, 6) is -2.70. The Hall–Kier alpha value is -2.31. The predicted octanol–water partition coefficient (Wildman–Crippen LogP) is 2.22. The Kier molecular flexibility index (Phi) is 2.82. The normalized spacial score (nSPS) is 10.3. The van der Waals surface area contributed by atoms with Crippen LogP contribution in [-0.2, 0) is 0 Å². The van der Waals surface area contributed by atoms with E-state index >= 15 is 0 Å². The van der Waals surface area contributed by atoms with E-state index in [1.807, 2.05) is 0 Å². The average Bonchev–Trinajstić information content (AvgIpc) is 2.28. The van der Waals surface area contributed by atoms with Crippen LogP contribution in [0.2, 0.25) is 0 Å². The molecule has 0 amide bonds. The molecule has 2 aromatic rings. The van der Waals surface area contributed by atoms with Gasteiger partial charge in [0.05, 0.1) is 11.9 Å². The van der Waals surface area contributed by atoms with Gasteiger partial charge in [-0.2, -0.15) is 4.98 Å². The Labute approximate surface area is 94.3 Å². The smallest absolute Gasteiger partial charge is 0.222 e. The van der Waals surface area contributed by atoms with Crippen molar-refractivity contribution in [3.63, 3.8) is 0 Å². The maximum atomic E-state index is 13.3. The molecule has 1 aromatic heterocycles. The van der Waals surface area contributed by atoms with Gasteiger partial charge in [0.1, 0.15) is 11.6 Å². The minimum Gasteiger partial charge on any atom is -0.368 e. The van der Waals surface area contributed by atoms with E-state index in [-0.39, 0.29) is 17.5 Å². The van der Waals surface area contributed by atoms with Gasteiger partial charge >= 0.3 is 0 Å². The Balaban J connectivity index is 2.37. The van der Waals surface area contributed by atoms with Crippen LogP contribution in [0.15, 0.2) is 24.4 Å². The van der Waals surface area contributed by atoms with E-state index in [0.717, 1.165) is 24.4 Å². The molecule has 3 N–H and O–H groups in total. The standard InChI is InChI=1S/C10H7F3N4/c11-5-1-2-6(12)8(3-5)16-9-7(13)4-15-10(14)17-9/h1-4H,(H3,14,15,16,17). The summed E-state index contributed by atoms with van der Waals surface area (Å²) in [4.78, 5) is 6.94. The molecule has 1 aromatic carbocycles. The Bertz CT molecular complexity index is 510. The van der Waals surface area contributed by atoms with Crippen molar-refractivity contribution in [2.24, 2.45) is 0 Å². The SMILES string of the molecule is Nc1ncc(F)c(Nc2cc(F)ccc2F)n1. The van der Waals surface area contributed by atoms with Crippen LogP contribution in [0.1, 0.15) is 0 Å². The number of hydrogen-bond acceptors (Lipinski definition) is 4. The lowest BCUT2D eigenvalue weighted by Crippen LogP contribution is -2.03. The molecule has 2 rings (SSSR count). The van der Waals surface area contributed by atoms with Crippen LogP contribution in [0.3, 0.4) is 0 Å². The predicted molar refractivity (Wildman–Crippen MR) is 56.0 cm³/mol. The molecule has 0 aliphatic carbocycles. The van der Waals surface area contributed by atoms with Gasteiger partial charge in [-0.1, -0.05) is 0 Å². The number of nitrogens with two attached hydrogens (primary N) is 1. The molecule has 0 aliphatic heterocycles. The van der Waals surface area contributed by atoms with Gasteiger partial charge in [-0.05, 0) is 12.1 Å². The molecule has 0 bridgehead atoms. The molecule has 0 atom stereocenters. The second-order valence-corrected chi connectivity index (χ2v) is 3.17. The van der Waals surface area contributed by atoms with Gasteiger partial charge in [-0.15, -0.1) is 0 Å². The fraction of sp³-hybridized carbons (Fsp3) is 0. The van der Waals surface area contributed by atoms with Crippen molar-refractivity contribution in [1.29, 1.82) is 0 Å². The van der Waals surface area contributed by atoms with Crippen molar-refractivity contribution in [2.75, 3.05) is 11.1 Å². The molecule has 17 heavy (non-hydrogen) atoms. The van der Waals surface area contributed by atoms with Gasteiger partial charge in [-0.25, -0.2) is 18.2 Å². The summed E-state index contributed by atoms with van der Waals surface area (Å²) < 4.78 is 39.4. The van der Waals surface area contributed by atoms with E-state index in [9.17, 15) is 13.2 Å². The number of halogens is 3. The zero-order chi connectivity index (χ0) is 12.4. The highest BCUT2D eigenvalue weighted by molar-refractivity contribution is 5.57. The number of hydrogen-bond donors (Lipinski definition) is 2. The van der Waals surface area contributed by atoms with E-state index in [0.29, 0.717) is 0 Å². The number of anilines is 3. The number of nitrogens with one attached hydrogen (secondary N) is 1. The average molecular weight is 240 g/mol. The van der Waals surface area contributed by atoms with Gasteiger partial charge in [0, 0.05) is 6.07 Å². The first-order valence-corrected chi connectivity index (χ1v) is 4.56. The molecule has 0 radical (unpaired) electrons. The molecule has 88 valence electrons. The zero-order valence-corrected chi connectivity index (χ0v) is 8.42. The second-order valence-electron chi connectivity index (χ2n) is 3.17. The Morgan fingerprint density at radius 3 is 2.65 bits per heavy atom. The summed E-state index contributed by atoms with van der Waals surface area (Å²) in [7, 11) is 0. The lowest BCUT2D eigenvalue weighted by atomic mass is 10.3. The molecule has 0 unspecified atom stereocenters.